The summed E-state index contributed by atoms with van der Waals surface area (Å²) in [6, 6.07) is 14.8. The van der Waals surface area contributed by atoms with Crippen molar-refractivity contribution >= 4 is 39.3 Å². The van der Waals surface area contributed by atoms with Crippen molar-refractivity contribution in [2.75, 3.05) is 23.5 Å². The number of hydrogen-bond donors (Lipinski definition) is 2. The molecule has 3 N–H and O–H groups in total. The van der Waals surface area contributed by atoms with Crippen molar-refractivity contribution in [3.63, 3.8) is 0 Å². The van der Waals surface area contributed by atoms with Crippen LogP contribution in [0.3, 0.4) is 0 Å². The van der Waals surface area contributed by atoms with Gasteiger partial charge >= 0.3 is 0 Å². The van der Waals surface area contributed by atoms with E-state index in [0.29, 0.717) is 17.6 Å². The Kier molecular flexibility index (Phi) is 6.36. The molecule has 2 aromatic carbocycles. The Morgan fingerprint density at radius 1 is 1.19 bits per heavy atom. The minimum absolute atomic E-state index is 0.145. The molecule has 3 rings (SSSR count). The van der Waals surface area contributed by atoms with Gasteiger partial charge in [-0.05, 0) is 55.5 Å². The van der Waals surface area contributed by atoms with Gasteiger partial charge in [-0.3, -0.25) is 4.79 Å². The summed E-state index contributed by atoms with van der Waals surface area (Å²) >= 11 is 4.58. The van der Waals surface area contributed by atoms with Crippen LogP contribution in [0.25, 0.3) is 11.4 Å². The van der Waals surface area contributed by atoms with E-state index in [9.17, 15) is 4.79 Å². The fourth-order valence-corrected chi connectivity index (χ4v) is 3.22. The lowest BCUT2D eigenvalue weighted by Gasteiger charge is -2.06. The number of nitrogens with one attached hydrogen (secondary N) is 1. The van der Waals surface area contributed by atoms with Gasteiger partial charge in [0.1, 0.15) is 5.75 Å². The lowest BCUT2D eigenvalue weighted by atomic mass is 10.2. The number of nitrogens with zero attached hydrogens (tertiary/aromatic N) is 3. The maximum atomic E-state index is 12.1. The molecule has 0 aliphatic rings. The SMILES string of the molecule is CCOc1ccc(-c2nnc(SCC(=O)Nc3ccc(Br)cc3)n2N)cc1. The van der Waals surface area contributed by atoms with E-state index in [2.05, 4.69) is 31.4 Å². The van der Waals surface area contributed by atoms with Crippen LogP contribution < -0.4 is 15.9 Å². The van der Waals surface area contributed by atoms with Gasteiger partial charge in [-0.2, -0.15) is 0 Å². The highest BCUT2D eigenvalue weighted by Crippen LogP contribution is 2.24. The molecule has 1 heterocycles. The third-order valence-electron chi connectivity index (χ3n) is 3.55. The Hall–Kier alpha value is -2.52. The Bertz CT molecular complexity index is 913. The van der Waals surface area contributed by atoms with Gasteiger partial charge in [0.2, 0.25) is 11.1 Å². The van der Waals surface area contributed by atoms with Crippen molar-refractivity contribution in [3.8, 4) is 17.1 Å². The van der Waals surface area contributed by atoms with E-state index in [1.807, 2.05) is 55.5 Å². The number of aromatic nitrogens is 3. The molecule has 9 heteroatoms. The Morgan fingerprint density at radius 3 is 2.56 bits per heavy atom. The molecule has 140 valence electrons. The standard InChI is InChI=1S/C18H18BrN5O2S/c1-2-26-15-9-3-12(4-10-15)17-22-23-18(24(17)20)27-11-16(25)21-14-7-5-13(19)6-8-14/h3-10H,2,11,20H2,1H3,(H,21,25). The van der Waals surface area contributed by atoms with Crippen LogP contribution >= 0.6 is 27.7 Å². The number of halogens is 1. The summed E-state index contributed by atoms with van der Waals surface area (Å²) in [4.78, 5) is 12.1. The molecule has 0 aliphatic carbocycles. The van der Waals surface area contributed by atoms with Crippen LogP contribution in [-0.4, -0.2) is 33.1 Å². The highest BCUT2D eigenvalue weighted by Gasteiger charge is 2.14. The first-order chi connectivity index (χ1) is 13.1. The first-order valence-corrected chi connectivity index (χ1v) is 9.96. The number of benzene rings is 2. The van der Waals surface area contributed by atoms with Crippen molar-refractivity contribution < 1.29 is 9.53 Å². The molecule has 0 spiro atoms. The fraction of sp³-hybridized carbons (Fsp3) is 0.167. The van der Waals surface area contributed by atoms with E-state index < -0.39 is 0 Å². The molecular formula is C18H18BrN5O2S. The Balaban J connectivity index is 1.61. The molecule has 1 aromatic heterocycles. The van der Waals surface area contributed by atoms with Gasteiger partial charge < -0.3 is 15.9 Å². The molecule has 0 saturated carbocycles. The molecule has 0 radical (unpaired) electrons. The van der Waals surface area contributed by atoms with E-state index in [1.165, 1.54) is 16.4 Å². The number of hydrogen-bond acceptors (Lipinski definition) is 6. The summed E-state index contributed by atoms with van der Waals surface area (Å²) in [6.07, 6.45) is 0. The summed E-state index contributed by atoms with van der Waals surface area (Å²) in [5.41, 5.74) is 1.55. The number of nitrogens with two attached hydrogens (primary N) is 1. The molecule has 0 aliphatic heterocycles. The molecule has 0 atom stereocenters. The zero-order chi connectivity index (χ0) is 19.2. The van der Waals surface area contributed by atoms with Crippen molar-refractivity contribution in [2.24, 2.45) is 0 Å². The first kappa shape index (κ1) is 19.2. The molecule has 0 saturated heterocycles. The van der Waals surface area contributed by atoms with Gasteiger partial charge in [-0.1, -0.05) is 27.7 Å². The largest absolute Gasteiger partial charge is 0.494 e. The number of rotatable bonds is 7. The number of nitrogen functional groups attached to an aromatic ring is 1. The van der Waals surface area contributed by atoms with Gasteiger partial charge in [0.25, 0.3) is 0 Å². The zero-order valence-corrected chi connectivity index (χ0v) is 17.0. The quantitative estimate of drug-likeness (QED) is 0.424. The Morgan fingerprint density at radius 2 is 1.89 bits per heavy atom. The molecular weight excluding hydrogens is 430 g/mol. The number of carbonyl (C=O) groups is 1. The number of amides is 1. The van der Waals surface area contributed by atoms with Crippen LogP contribution in [0.5, 0.6) is 5.75 Å². The van der Waals surface area contributed by atoms with Gasteiger partial charge in [0.05, 0.1) is 12.4 Å². The topological polar surface area (TPSA) is 95.1 Å². The molecule has 27 heavy (non-hydrogen) atoms. The van der Waals surface area contributed by atoms with Crippen molar-refractivity contribution in [1.82, 2.24) is 14.9 Å². The van der Waals surface area contributed by atoms with Gasteiger partial charge in [0, 0.05) is 15.7 Å². The molecule has 3 aromatic rings. The highest BCUT2D eigenvalue weighted by atomic mass is 79.9. The van der Waals surface area contributed by atoms with E-state index in [0.717, 1.165) is 21.5 Å². The van der Waals surface area contributed by atoms with Crippen molar-refractivity contribution in [2.45, 2.75) is 12.1 Å². The van der Waals surface area contributed by atoms with Crippen molar-refractivity contribution in [3.05, 3.63) is 53.0 Å². The average molecular weight is 448 g/mol. The third-order valence-corrected chi connectivity index (χ3v) is 5.02. The second kappa shape index (κ2) is 8.92. The average Bonchev–Trinajstić information content (AvgIpc) is 3.03. The molecule has 1 amide bonds. The summed E-state index contributed by atoms with van der Waals surface area (Å²) in [5, 5.41) is 11.5. The van der Waals surface area contributed by atoms with E-state index >= 15 is 0 Å². The molecule has 7 nitrogen and oxygen atoms in total. The predicted octanol–water partition coefficient (Wildman–Crippen LogP) is 3.55. The maximum absolute atomic E-state index is 12.1. The fourth-order valence-electron chi connectivity index (χ4n) is 2.30. The number of carbonyl (C=O) groups excluding carboxylic acids is 1. The zero-order valence-electron chi connectivity index (χ0n) is 14.6. The molecule has 0 fully saturated rings. The van der Waals surface area contributed by atoms with Crippen LogP contribution in [0.1, 0.15) is 6.92 Å². The number of thioether (sulfide) groups is 1. The second-order valence-electron chi connectivity index (χ2n) is 5.48. The number of ether oxygens (including phenoxy) is 1. The minimum Gasteiger partial charge on any atom is -0.494 e. The highest BCUT2D eigenvalue weighted by molar-refractivity contribution is 9.10. The summed E-state index contributed by atoms with van der Waals surface area (Å²) < 4.78 is 7.76. The van der Waals surface area contributed by atoms with Gasteiger partial charge in [-0.25, -0.2) is 4.68 Å². The smallest absolute Gasteiger partial charge is 0.234 e. The predicted molar refractivity (Wildman–Crippen MR) is 110 cm³/mol. The minimum atomic E-state index is -0.145. The summed E-state index contributed by atoms with van der Waals surface area (Å²) in [5.74, 6) is 7.42. The molecule has 0 unspecified atom stereocenters. The van der Waals surface area contributed by atoms with E-state index in [-0.39, 0.29) is 11.7 Å². The summed E-state index contributed by atoms with van der Waals surface area (Å²) in [6.45, 7) is 2.54. The summed E-state index contributed by atoms with van der Waals surface area (Å²) in [7, 11) is 0. The number of anilines is 1. The van der Waals surface area contributed by atoms with Crippen LogP contribution in [0.4, 0.5) is 5.69 Å². The lowest BCUT2D eigenvalue weighted by molar-refractivity contribution is -0.113. The molecule has 0 bridgehead atoms. The Labute approximate surface area is 169 Å². The van der Waals surface area contributed by atoms with Gasteiger partial charge in [-0.15, -0.1) is 10.2 Å². The van der Waals surface area contributed by atoms with Gasteiger partial charge in [0.15, 0.2) is 5.82 Å². The van der Waals surface area contributed by atoms with E-state index in [4.69, 9.17) is 10.6 Å². The maximum Gasteiger partial charge on any atom is 0.234 e. The first-order valence-electron chi connectivity index (χ1n) is 8.18. The van der Waals surface area contributed by atoms with Crippen LogP contribution in [0, 0.1) is 0 Å². The monoisotopic (exact) mass is 447 g/mol. The van der Waals surface area contributed by atoms with Crippen LogP contribution in [0.15, 0.2) is 58.2 Å². The lowest BCUT2D eigenvalue weighted by Crippen LogP contribution is -2.16. The van der Waals surface area contributed by atoms with E-state index in [1.54, 1.807) is 0 Å². The third kappa shape index (κ3) is 5.01. The second-order valence-corrected chi connectivity index (χ2v) is 7.34. The van der Waals surface area contributed by atoms with Crippen molar-refractivity contribution in [1.29, 1.82) is 0 Å². The van der Waals surface area contributed by atoms with Crippen LogP contribution in [-0.2, 0) is 4.79 Å². The normalized spacial score (nSPS) is 10.6. The van der Waals surface area contributed by atoms with Crippen LogP contribution in [0.2, 0.25) is 0 Å².